The van der Waals surface area contributed by atoms with Crippen molar-refractivity contribution in [2.24, 2.45) is 5.92 Å². The lowest BCUT2D eigenvalue weighted by atomic mass is 10.1. The third-order valence-corrected chi connectivity index (χ3v) is 3.48. The van der Waals surface area contributed by atoms with Gasteiger partial charge in [-0.2, -0.15) is 0 Å². The maximum absolute atomic E-state index is 11.6. The van der Waals surface area contributed by atoms with Gasteiger partial charge in [0.25, 0.3) is 0 Å². The van der Waals surface area contributed by atoms with Crippen molar-refractivity contribution in [3.63, 3.8) is 0 Å². The number of likely N-dealkylation sites (N-methyl/N-ethyl adjacent to an activating group) is 2. The van der Waals surface area contributed by atoms with Gasteiger partial charge in [0.05, 0.1) is 6.54 Å². The molecule has 5 heteroatoms. The average molecular weight is 312 g/mol. The van der Waals surface area contributed by atoms with Gasteiger partial charge in [-0.15, -0.1) is 0 Å². The van der Waals surface area contributed by atoms with Crippen molar-refractivity contribution in [1.29, 1.82) is 0 Å². The number of nitrogens with zero attached hydrogens (tertiary/aromatic N) is 1. The number of carbonyl (C=O) groups excluding carboxylic acids is 1. The van der Waals surface area contributed by atoms with Crippen LogP contribution < -0.4 is 15.5 Å². The highest BCUT2D eigenvalue weighted by molar-refractivity contribution is 6.30. The van der Waals surface area contributed by atoms with Crippen molar-refractivity contribution < 1.29 is 4.79 Å². The predicted molar refractivity (Wildman–Crippen MR) is 90.0 cm³/mol. The quantitative estimate of drug-likeness (QED) is 0.776. The van der Waals surface area contributed by atoms with E-state index in [1.54, 1.807) is 7.05 Å². The minimum atomic E-state index is 0.00731. The monoisotopic (exact) mass is 311 g/mol. The summed E-state index contributed by atoms with van der Waals surface area (Å²) in [5.74, 6) is 0.605. The first kappa shape index (κ1) is 17.8. The highest BCUT2D eigenvalue weighted by Crippen LogP contribution is 2.24. The molecule has 0 saturated carbocycles. The summed E-state index contributed by atoms with van der Waals surface area (Å²) in [7, 11) is 1.66. The summed E-state index contributed by atoms with van der Waals surface area (Å²) in [5.41, 5.74) is 2.18. The molecular formula is C16H26ClN3O. The summed E-state index contributed by atoms with van der Waals surface area (Å²) in [4.78, 5) is 13.7. The lowest BCUT2D eigenvalue weighted by Crippen LogP contribution is -2.36. The maximum atomic E-state index is 11.6. The molecule has 0 spiro atoms. The number of rotatable bonds is 8. The van der Waals surface area contributed by atoms with E-state index in [9.17, 15) is 4.79 Å². The van der Waals surface area contributed by atoms with E-state index < -0.39 is 0 Å². The Labute approximate surface area is 132 Å². The van der Waals surface area contributed by atoms with Crippen LogP contribution in [0.1, 0.15) is 26.3 Å². The number of nitrogens with one attached hydrogen (secondary N) is 2. The highest BCUT2D eigenvalue weighted by Gasteiger charge is 2.13. The summed E-state index contributed by atoms with van der Waals surface area (Å²) < 4.78 is 0. The van der Waals surface area contributed by atoms with E-state index in [0.29, 0.717) is 12.5 Å². The van der Waals surface area contributed by atoms with Crippen LogP contribution in [0.5, 0.6) is 0 Å². The van der Waals surface area contributed by atoms with Crippen LogP contribution in [-0.2, 0) is 11.3 Å². The molecule has 1 rings (SSSR count). The van der Waals surface area contributed by atoms with E-state index in [2.05, 4.69) is 29.4 Å². The second-order valence-corrected chi connectivity index (χ2v) is 5.92. The molecule has 21 heavy (non-hydrogen) atoms. The van der Waals surface area contributed by atoms with Crippen molar-refractivity contribution in [2.75, 3.05) is 31.6 Å². The smallest absolute Gasteiger partial charge is 0.239 e. The minimum Gasteiger partial charge on any atom is -0.362 e. The number of anilines is 1. The van der Waals surface area contributed by atoms with Gasteiger partial charge in [-0.25, -0.2) is 0 Å². The highest BCUT2D eigenvalue weighted by atomic mass is 35.5. The normalized spacial score (nSPS) is 10.8. The Morgan fingerprint density at radius 3 is 2.67 bits per heavy atom. The Kier molecular flexibility index (Phi) is 7.54. The molecule has 0 aliphatic carbocycles. The van der Waals surface area contributed by atoms with Crippen molar-refractivity contribution in [3.8, 4) is 0 Å². The third-order valence-electron chi connectivity index (χ3n) is 3.25. The molecule has 0 aromatic heterocycles. The molecular weight excluding hydrogens is 286 g/mol. The minimum absolute atomic E-state index is 0.00731. The zero-order valence-corrected chi connectivity index (χ0v) is 14.1. The number of halogens is 1. The molecule has 0 aliphatic rings. The first-order valence-corrected chi connectivity index (χ1v) is 7.80. The lowest BCUT2D eigenvalue weighted by Gasteiger charge is -2.25. The van der Waals surface area contributed by atoms with Gasteiger partial charge in [0.15, 0.2) is 0 Å². The third kappa shape index (κ3) is 5.94. The maximum Gasteiger partial charge on any atom is 0.239 e. The van der Waals surface area contributed by atoms with Gasteiger partial charge in [0, 0.05) is 30.8 Å². The van der Waals surface area contributed by atoms with Crippen LogP contribution in [0.15, 0.2) is 18.2 Å². The topological polar surface area (TPSA) is 44.4 Å². The van der Waals surface area contributed by atoms with Crippen LogP contribution in [0, 0.1) is 5.92 Å². The van der Waals surface area contributed by atoms with Gasteiger partial charge in [-0.3, -0.25) is 4.79 Å². The van der Waals surface area contributed by atoms with E-state index in [1.807, 2.05) is 25.1 Å². The second kappa shape index (κ2) is 8.90. The molecule has 4 nitrogen and oxygen atoms in total. The van der Waals surface area contributed by atoms with Crippen molar-refractivity contribution in [3.05, 3.63) is 28.8 Å². The zero-order chi connectivity index (χ0) is 15.8. The number of benzene rings is 1. The molecule has 0 fully saturated rings. The molecule has 2 N–H and O–H groups in total. The molecule has 1 amide bonds. The second-order valence-electron chi connectivity index (χ2n) is 5.49. The Hall–Kier alpha value is -1.26. The van der Waals surface area contributed by atoms with Gasteiger partial charge in [0.2, 0.25) is 5.91 Å². The largest absolute Gasteiger partial charge is 0.362 e. The number of hydrogen-bond acceptors (Lipinski definition) is 3. The van der Waals surface area contributed by atoms with Crippen molar-refractivity contribution >= 4 is 23.2 Å². The summed E-state index contributed by atoms with van der Waals surface area (Å²) >= 11 is 6.11. The summed E-state index contributed by atoms with van der Waals surface area (Å²) in [6.07, 6.45) is 0. The first-order valence-electron chi connectivity index (χ1n) is 7.42. The standard InChI is InChI=1S/C16H26ClN3O/c1-5-20(11-16(21)18-4)15-7-6-14(17)8-13(15)10-19-9-12(2)3/h6-8,12,19H,5,9-11H2,1-4H3,(H,18,21). The van der Waals surface area contributed by atoms with E-state index in [1.165, 1.54) is 0 Å². The fourth-order valence-corrected chi connectivity index (χ4v) is 2.31. The Balaban J connectivity index is 2.90. The average Bonchev–Trinajstić information content (AvgIpc) is 2.44. The molecule has 0 bridgehead atoms. The van der Waals surface area contributed by atoms with Crippen LogP contribution in [0.2, 0.25) is 5.02 Å². The Bertz CT molecular complexity index is 463. The fraction of sp³-hybridized carbons (Fsp3) is 0.562. The van der Waals surface area contributed by atoms with Crippen LogP contribution >= 0.6 is 11.6 Å². The SMILES string of the molecule is CCN(CC(=O)NC)c1ccc(Cl)cc1CNCC(C)C. The van der Waals surface area contributed by atoms with Crippen LogP contribution in [0.4, 0.5) is 5.69 Å². The van der Waals surface area contributed by atoms with Gasteiger partial charge in [-0.05, 0) is 43.1 Å². The lowest BCUT2D eigenvalue weighted by molar-refractivity contribution is -0.119. The molecule has 0 atom stereocenters. The Morgan fingerprint density at radius 2 is 2.10 bits per heavy atom. The number of amides is 1. The van der Waals surface area contributed by atoms with E-state index in [4.69, 9.17) is 11.6 Å². The summed E-state index contributed by atoms with van der Waals surface area (Å²) in [5, 5.41) is 6.81. The summed E-state index contributed by atoms with van der Waals surface area (Å²) in [6.45, 7) is 9.22. The number of carbonyl (C=O) groups is 1. The first-order chi connectivity index (χ1) is 9.97. The van der Waals surface area contributed by atoms with Crippen LogP contribution in [0.3, 0.4) is 0 Å². The van der Waals surface area contributed by atoms with Gasteiger partial charge >= 0.3 is 0 Å². The predicted octanol–water partition coefficient (Wildman–Crippen LogP) is 2.66. The van der Waals surface area contributed by atoms with E-state index in [0.717, 1.165) is 35.9 Å². The Morgan fingerprint density at radius 1 is 1.38 bits per heavy atom. The van der Waals surface area contributed by atoms with Crippen LogP contribution in [-0.4, -0.2) is 32.6 Å². The van der Waals surface area contributed by atoms with Gasteiger partial charge in [0.1, 0.15) is 0 Å². The fourth-order valence-electron chi connectivity index (χ4n) is 2.12. The van der Waals surface area contributed by atoms with E-state index >= 15 is 0 Å². The van der Waals surface area contributed by atoms with Gasteiger partial charge < -0.3 is 15.5 Å². The van der Waals surface area contributed by atoms with Gasteiger partial charge in [-0.1, -0.05) is 25.4 Å². The van der Waals surface area contributed by atoms with Crippen molar-refractivity contribution in [2.45, 2.75) is 27.3 Å². The molecule has 1 aromatic rings. The molecule has 0 radical (unpaired) electrons. The molecule has 0 heterocycles. The molecule has 0 aliphatic heterocycles. The molecule has 0 unspecified atom stereocenters. The zero-order valence-electron chi connectivity index (χ0n) is 13.4. The van der Waals surface area contributed by atoms with Crippen molar-refractivity contribution in [1.82, 2.24) is 10.6 Å². The molecule has 0 saturated heterocycles. The molecule has 1 aromatic carbocycles. The summed E-state index contributed by atoms with van der Waals surface area (Å²) in [6, 6.07) is 5.83. The van der Waals surface area contributed by atoms with Crippen LogP contribution in [0.25, 0.3) is 0 Å². The number of hydrogen-bond donors (Lipinski definition) is 2. The van der Waals surface area contributed by atoms with E-state index in [-0.39, 0.29) is 5.91 Å². The molecule has 118 valence electrons.